The van der Waals surface area contributed by atoms with E-state index in [1.54, 1.807) is 4.90 Å². The van der Waals surface area contributed by atoms with E-state index in [2.05, 4.69) is 9.97 Å². The quantitative estimate of drug-likeness (QED) is 0.716. The van der Waals surface area contributed by atoms with E-state index in [-0.39, 0.29) is 40.6 Å². The van der Waals surface area contributed by atoms with Crippen LogP contribution >= 0.6 is 23.2 Å². The minimum Gasteiger partial charge on any atom is -0.353 e. The maximum absolute atomic E-state index is 11.3. The number of hydrogen-bond donors (Lipinski definition) is 0. The summed E-state index contributed by atoms with van der Waals surface area (Å²) >= 11 is 11.7. The van der Waals surface area contributed by atoms with Crippen LogP contribution in [-0.2, 0) is 9.84 Å². The van der Waals surface area contributed by atoms with Gasteiger partial charge in [0.15, 0.2) is 21.3 Å². The summed E-state index contributed by atoms with van der Waals surface area (Å²) in [6.07, 6.45) is 0. The Morgan fingerprint density at radius 1 is 1.22 bits per heavy atom. The fourth-order valence-corrected chi connectivity index (χ4v) is 3.23. The largest absolute Gasteiger partial charge is 0.353 e. The van der Waals surface area contributed by atoms with Crippen LogP contribution in [-0.4, -0.2) is 43.0 Å². The number of hydrogen-bond acceptors (Lipinski definition) is 6. The van der Waals surface area contributed by atoms with Crippen molar-refractivity contribution in [2.45, 2.75) is 0 Å². The molecule has 6 nitrogen and oxygen atoms in total. The van der Waals surface area contributed by atoms with Crippen LogP contribution in [0.5, 0.6) is 0 Å². The van der Waals surface area contributed by atoms with Gasteiger partial charge in [-0.1, -0.05) is 11.6 Å². The topological polar surface area (TPSA) is 86.9 Å². The highest BCUT2D eigenvalue weighted by molar-refractivity contribution is 7.91. The van der Waals surface area contributed by atoms with Gasteiger partial charge in [0.2, 0.25) is 5.28 Å². The third kappa shape index (κ3) is 2.66. The van der Waals surface area contributed by atoms with Crippen LogP contribution in [0.2, 0.25) is 10.3 Å². The van der Waals surface area contributed by atoms with E-state index in [1.165, 1.54) is 0 Å². The summed E-state index contributed by atoms with van der Waals surface area (Å²) in [5.74, 6) is 0.378. The summed E-state index contributed by atoms with van der Waals surface area (Å²) in [6, 6.07) is 1.82. The minimum atomic E-state index is -2.99. The Bertz CT molecular complexity index is 612. The van der Waals surface area contributed by atoms with Gasteiger partial charge in [-0.15, -0.1) is 0 Å². The molecule has 0 amide bonds. The van der Waals surface area contributed by atoms with Crippen LogP contribution in [0.4, 0.5) is 5.82 Å². The predicted octanol–water partition coefficient (Wildman–Crippen LogP) is 0.890. The number of nitriles is 1. The zero-order valence-electron chi connectivity index (χ0n) is 9.10. The molecule has 1 aliphatic rings. The third-order valence-electron chi connectivity index (χ3n) is 2.56. The lowest BCUT2D eigenvalue weighted by Crippen LogP contribution is -2.41. The summed E-state index contributed by atoms with van der Waals surface area (Å²) in [7, 11) is -2.99. The lowest BCUT2D eigenvalue weighted by Gasteiger charge is -2.28. The van der Waals surface area contributed by atoms with Gasteiger partial charge in [-0.2, -0.15) is 10.2 Å². The molecule has 1 aromatic rings. The molecule has 0 saturated carbocycles. The van der Waals surface area contributed by atoms with E-state index in [9.17, 15) is 8.42 Å². The average Bonchev–Trinajstić information content (AvgIpc) is 2.32. The first kappa shape index (κ1) is 13.3. The van der Waals surface area contributed by atoms with Crippen molar-refractivity contribution in [3.8, 4) is 6.07 Å². The molecule has 0 atom stereocenters. The minimum absolute atomic E-state index is 0.0138. The zero-order valence-corrected chi connectivity index (χ0v) is 11.4. The van der Waals surface area contributed by atoms with Gasteiger partial charge in [0.25, 0.3) is 0 Å². The second kappa shape index (κ2) is 4.88. The van der Waals surface area contributed by atoms with Crippen LogP contribution in [0.1, 0.15) is 5.69 Å². The summed E-state index contributed by atoms with van der Waals surface area (Å²) < 4.78 is 22.7. The van der Waals surface area contributed by atoms with Gasteiger partial charge < -0.3 is 4.90 Å². The molecule has 2 rings (SSSR count). The van der Waals surface area contributed by atoms with Crippen molar-refractivity contribution in [1.82, 2.24) is 9.97 Å². The van der Waals surface area contributed by atoms with E-state index >= 15 is 0 Å². The molecule has 1 fully saturated rings. The molecule has 0 bridgehead atoms. The Morgan fingerprint density at radius 2 is 1.83 bits per heavy atom. The van der Waals surface area contributed by atoms with Crippen molar-refractivity contribution in [2.24, 2.45) is 0 Å². The van der Waals surface area contributed by atoms with Crippen LogP contribution < -0.4 is 4.90 Å². The second-order valence-electron chi connectivity index (χ2n) is 3.73. The van der Waals surface area contributed by atoms with E-state index < -0.39 is 9.84 Å². The van der Waals surface area contributed by atoms with Crippen LogP contribution in [0.3, 0.4) is 0 Å². The predicted molar refractivity (Wildman–Crippen MR) is 67.6 cm³/mol. The number of anilines is 1. The Morgan fingerprint density at radius 3 is 2.39 bits per heavy atom. The van der Waals surface area contributed by atoms with Crippen LogP contribution in [0, 0.1) is 11.3 Å². The molecule has 2 heterocycles. The molecule has 96 valence electrons. The molecular formula is C9H8Cl2N4O2S. The first-order valence-electron chi connectivity index (χ1n) is 5.01. The molecule has 1 saturated heterocycles. The summed E-state index contributed by atoms with van der Waals surface area (Å²) in [4.78, 5) is 9.34. The normalized spacial score (nSPS) is 18.4. The number of halogens is 2. The van der Waals surface area contributed by atoms with Gasteiger partial charge in [-0.05, 0) is 11.6 Å². The first-order chi connectivity index (χ1) is 8.43. The Hall–Kier alpha value is -1.10. The summed E-state index contributed by atoms with van der Waals surface area (Å²) in [6.45, 7) is 0.556. The fraction of sp³-hybridized carbons (Fsp3) is 0.444. The molecule has 9 heteroatoms. The average molecular weight is 307 g/mol. The Labute approximate surface area is 114 Å². The van der Waals surface area contributed by atoms with Gasteiger partial charge in [-0.25, -0.2) is 13.4 Å². The van der Waals surface area contributed by atoms with E-state index in [0.29, 0.717) is 5.82 Å². The van der Waals surface area contributed by atoms with Gasteiger partial charge in [0, 0.05) is 13.1 Å². The molecule has 1 aromatic heterocycles. The molecule has 18 heavy (non-hydrogen) atoms. The molecule has 0 aromatic carbocycles. The van der Waals surface area contributed by atoms with Gasteiger partial charge >= 0.3 is 0 Å². The summed E-state index contributed by atoms with van der Waals surface area (Å²) in [5.41, 5.74) is -0.0138. The van der Waals surface area contributed by atoms with Crippen molar-refractivity contribution in [3.05, 3.63) is 16.0 Å². The van der Waals surface area contributed by atoms with E-state index in [4.69, 9.17) is 28.5 Å². The lowest BCUT2D eigenvalue weighted by atomic mass is 10.3. The van der Waals surface area contributed by atoms with Crippen LogP contribution in [0.15, 0.2) is 0 Å². The van der Waals surface area contributed by atoms with Gasteiger partial charge in [0.05, 0.1) is 11.5 Å². The molecule has 1 aliphatic heterocycles. The molecule has 0 N–H and O–H groups in total. The lowest BCUT2D eigenvalue weighted by molar-refractivity contribution is 0.586. The van der Waals surface area contributed by atoms with Crippen LogP contribution in [0.25, 0.3) is 0 Å². The van der Waals surface area contributed by atoms with E-state index in [0.717, 1.165) is 0 Å². The molecule has 0 radical (unpaired) electrons. The third-order valence-corrected chi connectivity index (χ3v) is 4.68. The van der Waals surface area contributed by atoms with Crippen molar-refractivity contribution >= 4 is 38.9 Å². The zero-order chi connectivity index (χ0) is 13.3. The van der Waals surface area contributed by atoms with Crippen molar-refractivity contribution in [1.29, 1.82) is 5.26 Å². The second-order valence-corrected chi connectivity index (χ2v) is 6.75. The SMILES string of the molecule is N#Cc1nc(Cl)nc(N2CCS(=O)(=O)CC2)c1Cl. The highest BCUT2D eigenvalue weighted by Crippen LogP contribution is 2.28. The number of rotatable bonds is 1. The van der Waals surface area contributed by atoms with E-state index in [1.807, 2.05) is 6.07 Å². The maximum Gasteiger partial charge on any atom is 0.225 e. The molecular weight excluding hydrogens is 299 g/mol. The molecule has 0 spiro atoms. The standard InChI is InChI=1S/C9H8Cl2N4O2S/c10-7-6(5-12)13-9(11)14-8(7)15-1-3-18(16,17)4-2-15/h1-4H2. The van der Waals surface area contributed by atoms with Crippen molar-refractivity contribution in [2.75, 3.05) is 29.5 Å². The monoisotopic (exact) mass is 306 g/mol. The fourth-order valence-electron chi connectivity index (χ4n) is 1.62. The number of aromatic nitrogens is 2. The summed E-state index contributed by atoms with van der Waals surface area (Å²) in [5, 5.41) is 8.87. The van der Waals surface area contributed by atoms with Gasteiger partial charge in [0.1, 0.15) is 11.1 Å². The smallest absolute Gasteiger partial charge is 0.225 e. The first-order valence-corrected chi connectivity index (χ1v) is 7.59. The number of nitrogens with zero attached hydrogens (tertiary/aromatic N) is 4. The van der Waals surface area contributed by atoms with Crippen molar-refractivity contribution in [3.63, 3.8) is 0 Å². The van der Waals surface area contributed by atoms with Gasteiger partial charge in [-0.3, -0.25) is 0 Å². The molecule has 0 unspecified atom stereocenters. The maximum atomic E-state index is 11.3. The van der Waals surface area contributed by atoms with Crippen molar-refractivity contribution < 1.29 is 8.42 Å². The Balaban J connectivity index is 2.35. The number of sulfone groups is 1. The highest BCUT2D eigenvalue weighted by Gasteiger charge is 2.25. The molecule has 0 aliphatic carbocycles. The Kier molecular flexibility index (Phi) is 3.61. The highest BCUT2D eigenvalue weighted by atomic mass is 35.5.